The van der Waals surface area contributed by atoms with Crippen LogP contribution in [-0.2, 0) is 11.3 Å². The van der Waals surface area contributed by atoms with E-state index in [1.54, 1.807) is 18.3 Å². The molecule has 3 heterocycles. The van der Waals surface area contributed by atoms with Crippen LogP contribution in [-0.4, -0.2) is 41.7 Å². The van der Waals surface area contributed by atoms with Gasteiger partial charge < -0.3 is 20.7 Å². The second-order valence-corrected chi connectivity index (χ2v) is 5.80. The minimum Gasteiger partial charge on any atom is -0.381 e. The van der Waals surface area contributed by atoms with Crippen LogP contribution in [0.25, 0.3) is 0 Å². The zero-order chi connectivity index (χ0) is 16.9. The molecule has 0 radical (unpaired) electrons. The van der Waals surface area contributed by atoms with Crippen LogP contribution in [0.3, 0.4) is 0 Å². The van der Waals surface area contributed by atoms with Gasteiger partial charge in [-0.1, -0.05) is 6.07 Å². The second kappa shape index (κ2) is 7.27. The normalized spacial score (nSPS) is 17.5. The second-order valence-electron chi connectivity index (χ2n) is 5.80. The molecule has 3 rings (SSSR count). The standard InChI is InChI=1S/C17H21N5O2/c1-12-11-22(6-7-24-12)16-3-2-13(10-21-16)9-20-14-4-5-19-15(8-14)17(18)23/h2-5,8,10,12H,6-7,9,11H2,1H3,(H2,18,23)(H,19,20). The first-order chi connectivity index (χ1) is 11.6. The number of carbonyl (C=O) groups is 1. The highest BCUT2D eigenvalue weighted by Gasteiger charge is 2.17. The lowest BCUT2D eigenvalue weighted by molar-refractivity contribution is 0.0529. The van der Waals surface area contributed by atoms with Crippen molar-refractivity contribution in [2.75, 3.05) is 29.9 Å². The van der Waals surface area contributed by atoms with Crippen molar-refractivity contribution in [1.29, 1.82) is 0 Å². The fraction of sp³-hybridized carbons (Fsp3) is 0.353. The number of amides is 1. The number of rotatable bonds is 5. The van der Waals surface area contributed by atoms with Gasteiger partial charge in [-0.3, -0.25) is 9.78 Å². The smallest absolute Gasteiger partial charge is 0.267 e. The van der Waals surface area contributed by atoms with Gasteiger partial charge in [0.05, 0.1) is 12.7 Å². The van der Waals surface area contributed by atoms with Gasteiger partial charge in [-0.15, -0.1) is 0 Å². The molecule has 0 saturated carbocycles. The molecule has 1 fully saturated rings. The van der Waals surface area contributed by atoms with Gasteiger partial charge in [-0.05, 0) is 30.7 Å². The molecule has 7 heteroatoms. The van der Waals surface area contributed by atoms with Gasteiger partial charge in [-0.25, -0.2) is 4.98 Å². The highest BCUT2D eigenvalue weighted by molar-refractivity contribution is 5.91. The molecule has 1 aliphatic rings. The third-order valence-corrected chi connectivity index (χ3v) is 3.88. The molecule has 1 unspecified atom stereocenters. The van der Waals surface area contributed by atoms with E-state index in [9.17, 15) is 4.79 Å². The third-order valence-electron chi connectivity index (χ3n) is 3.88. The van der Waals surface area contributed by atoms with Crippen LogP contribution in [0, 0.1) is 0 Å². The molecule has 0 aromatic carbocycles. The number of hydrogen-bond acceptors (Lipinski definition) is 6. The Balaban J connectivity index is 1.60. The van der Waals surface area contributed by atoms with Crippen LogP contribution in [0.5, 0.6) is 0 Å². The predicted octanol–water partition coefficient (Wildman–Crippen LogP) is 1.41. The summed E-state index contributed by atoms with van der Waals surface area (Å²) < 4.78 is 5.55. The summed E-state index contributed by atoms with van der Waals surface area (Å²) >= 11 is 0. The number of anilines is 2. The largest absolute Gasteiger partial charge is 0.381 e. The number of morpholine rings is 1. The van der Waals surface area contributed by atoms with Gasteiger partial charge in [0.2, 0.25) is 0 Å². The van der Waals surface area contributed by atoms with Gasteiger partial charge in [0.25, 0.3) is 5.91 Å². The Morgan fingerprint density at radius 1 is 1.42 bits per heavy atom. The zero-order valence-electron chi connectivity index (χ0n) is 13.6. The minimum atomic E-state index is -0.538. The molecule has 1 aliphatic heterocycles. The van der Waals surface area contributed by atoms with Crippen molar-refractivity contribution < 1.29 is 9.53 Å². The summed E-state index contributed by atoms with van der Waals surface area (Å²) in [5.41, 5.74) is 7.33. The van der Waals surface area contributed by atoms with E-state index in [4.69, 9.17) is 10.5 Å². The maximum Gasteiger partial charge on any atom is 0.267 e. The van der Waals surface area contributed by atoms with Crippen molar-refractivity contribution in [3.8, 4) is 0 Å². The van der Waals surface area contributed by atoms with E-state index < -0.39 is 5.91 Å². The molecular formula is C17H21N5O2. The SMILES string of the molecule is CC1CN(c2ccc(CNc3ccnc(C(N)=O)c3)cn2)CCO1. The molecular weight excluding hydrogens is 306 g/mol. The number of nitrogens with two attached hydrogens (primary N) is 1. The van der Waals surface area contributed by atoms with Crippen molar-refractivity contribution in [2.24, 2.45) is 5.73 Å². The molecule has 0 spiro atoms. The first kappa shape index (κ1) is 16.2. The number of primary amides is 1. The highest BCUT2D eigenvalue weighted by Crippen LogP contribution is 2.16. The molecule has 1 amide bonds. The Morgan fingerprint density at radius 3 is 3.00 bits per heavy atom. The highest BCUT2D eigenvalue weighted by atomic mass is 16.5. The average Bonchev–Trinajstić information content (AvgIpc) is 2.61. The molecule has 126 valence electrons. The summed E-state index contributed by atoms with van der Waals surface area (Å²) in [6.45, 7) is 5.13. The lowest BCUT2D eigenvalue weighted by atomic mass is 10.2. The monoisotopic (exact) mass is 327 g/mol. The lowest BCUT2D eigenvalue weighted by Gasteiger charge is -2.32. The Bertz CT molecular complexity index is 704. The molecule has 0 bridgehead atoms. The van der Waals surface area contributed by atoms with Gasteiger partial charge in [0.15, 0.2) is 0 Å². The average molecular weight is 327 g/mol. The summed E-state index contributed by atoms with van der Waals surface area (Å²) in [5, 5.41) is 3.24. The summed E-state index contributed by atoms with van der Waals surface area (Å²) in [4.78, 5) is 21.8. The molecule has 1 saturated heterocycles. The van der Waals surface area contributed by atoms with E-state index in [1.807, 2.05) is 18.3 Å². The molecule has 24 heavy (non-hydrogen) atoms. The number of carbonyl (C=O) groups excluding carboxylic acids is 1. The molecule has 7 nitrogen and oxygen atoms in total. The number of pyridine rings is 2. The van der Waals surface area contributed by atoms with Crippen LogP contribution in [0.4, 0.5) is 11.5 Å². The summed E-state index contributed by atoms with van der Waals surface area (Å²) in [6.07, 6.45) is 3.65. The Labute approximate surface area is 140 Å². The van der Waals surface area contributed by atoms with Crippen LogP contribution in [0.15, 0.2) is 36.7 Å². The van der Waals surface area contributed by atoms with E-state index in [-0.39, 0.29) is 11.8 Å². The number of nitrogens with zero attached hydrogens (tertiary/aromatic N) is 3. The summed E-state index contributed by atoms with van der Waals surface area (Å²) in [7, 11) is 0. The maximum atomic E-state index is 11.1. The molecule has 3 N–H and O–H groups in total. The minimum absolute atomic E-state index is 0.230. The first-order valence-electron chi connectivity index (χ1n) is 7.93. The van der Waals surface area contributed by atoms with Gasteiger partial charge in [0.1, 0.15) is 11.5 Å². The molecule has 0 aliphatic carbocycles. The van der Waals surface area contributed by atoms with E-state index >= 15 is 0 Å². The van der Waals surface area contributed by atoms with Crippen molar-refractivity contribution in [3.05, 3.63) is 47.9 Å². The zero-order valence-corrected chi connectivity index (χ0v) is 13.6. The van der Waals surface area contributed by atoms with Crippen molar-refractivity contribution in [3.63, 3.8) is 0 Å². The predicted molar refractivity (Wildman–Crippen MR) is 91.9 cm³/mol. The fourth-order valence-corrected chi connectivity index (χ4v) is 2.61. The number of hydrogen-bond donors (Lipinski definition) is 2. The molecule has 2 aromatic heterocycles. The van der Waals surface area contributed by atoms with Crippen molar-refractivity contribution >= 4 is 17.4 Å². The first-order valence-corrected chi connectivity index (χ1v) is 7.93. The van der Waals surface area contributed by atoms with Crippen LogP contribution in [0.1, 0.15) is 23.0 Å². The lowest BCUT2D eigenvalue weighted by Crippen LogP contribution is -2.41. The van der Waals surface area contributed by atoms with Gasteiger partial charge in [0, 0.05) is 37.7 Å². The van der Waals surface area contributed by atoms with Gasteiger partial charge in [-0.2, -0.15) is 0 Å². The number of aromatic nitrogens is 2. The van der Waals surface area contributed by atoms with Crippen molar-refractivity contribution in [2.45, 2.75) is 19.6 Å². The third kappa shape index (κ3) is 3.99. The molecule has 2 aromatic rings. The molecule has 1 atom stereocenters. The van der Waals surface area contributed by atoms with Crippen LogP contribution >= 0.6 is 0 Å². The fourth-order valence-electron chi connectivity index (χ4n) is 2.61. The van der Waals surface area contributed by atoms with Crippen LogP contribution < -0.4 is 16.0 Å². The van der Waals surface area contributed by atoms with Crippen molar-refractivity contribution in [1.82, 2.24) is 9.97 Å². The number of nitrogens with one attached hydrogen (secondary N) is 1. The van der Waals surface area contributed by atoms with E-state index in [1.165, 1.54) is 0 Å². The van der Waals surface area contributed by atoms with Gasteiger partial charge >= 0.3 is 0 Å². The van der Waals surface area contributed by atoms with Crippen LogP contribution in [0.2, 0.25) is 0 Å². The van der Waals surface area contributed by atoms with E-state index in [0.29, 0.717) is 6.54 Å². The Kier molecular flexibility index (Phi) is 4.90. The topological polar surface area (TPSA) is 93.4 Å². The maximum absolute atomic E-state index is 11.1. The van der Waals surface area contributed by atoms with E-state index in [2.05, 4.69) is 27.1 Å². The Hall–Kier alpha value is -2.67. The summed E-state index contributed by atoms with van der Waals surface area (Å²) in [6, 6.07) is 7.50. The Morgan fingerprint density at radius 2 is 2.29 bits per heavy atom. The quantitative estimate of drug-likeness (QED) is 0.862. The number of ether oxygens (including phenoxy) is 1. The van der Waals surface area contributed by atoms with E-state index in [0.717, 1.165) is 36.8 Å². The summed E-state index contributed by atoms with van der Waals surface area (Å²) in [5.74, 6) is 0.429.